The molecule has 110 valence electrons. The molecule has 0 fully saturated rings. The van der Waals surface area contributed by atoms with Gasteiger partial charge in [-0.05, 0) is 25.5 Å². The highest BCUT2D eigenvalue weighted by molar-refractivity contribution is 5.85. The summed E-state index contributed by atoms with van der Waals surface area (Å²) >= 11 is 0. The van der Waals surface area contributed by atoms with E-state index in [1.165, 1.54) is 6.08 Å². The summed E-state index contributed by atoms with van der Waals surface area (Å²) in [6, 6.07) is 11.6. The number of aromatic nitrogens is 2. The predicted molar refractivity (Wildman–Crippen MR) is 80.2 cm³/mol. The van der Waals surface area contributed by atoms with Gasteiger partial charge in [0.15, 0.2) is 0 Å². The van der Waals surface area contributed by atoms with E-state index in [1.807, 2.05) is 44.2 Å². The molecule has 0 saturated carbocycles. The summed E-state index contributed by atoms with van der Waals surface area (Å²) in [6.07, 6.45) is 2.63. The van der Waals surface area contributed by atoms with Gasteiger partial charge in [-0.15, -0.1) is 5.10 Å². The first kappa shape index (κ1) is 14.8. The van der Waals surface area contributed by atoms with Crippen LogP contribution in [0.4, 0.5) is 0 Å². The first-order valence-corrected chi connectivity index (χ1v) is 6.74. The summed E-state index contributed by atoms with van der Waals surface area (Å²) in [7, 11) is 0. The number of nitrogens with zero attached hydrogens (tertiary/aromatic N) is 2. The molecule has 2 aromatic rings. The van der Waals surface area contributed by atoms with E-state index in [0.717, 1.165) is 11.6 Å². The Morgan fingerprint density at radius 2 is 2.10 bits per heavy atom. The molecule has 0 aliphatic rings. The van der Waals surface area contributed by atoms with Crippen molar-refractivity contribution in [3.8, 4) is 5.88 Å². The Hall–Kier alpha value is -2.56. The third-order valence-electron chi connectivity index (χ3n) is 2.72. The lowest BCUT2D eigenvalue weighted by Crippen LogP contribution is -2.07. The van der Waals surface area contributed by atoms with Crippen LogP contribution in [0.5, 0.6) is 5.88 Å². The van der Waals surface area contributed by atoms with Crippen molar-refractivity contribution in [3.05, 3.63) is 53.7 Å². The molecular weight excluding hydrogens is 268 g/mol. The Morgan fingerprint density at radius 3 is 2.71 bits per heavy atom. The zero-order valence-corrected chi connectivity index (χ0v) is 12.1. The largest absolute Gasteiger partial charge is 0.478 e. The maximum Gasteiger partial charge on any atom is 0.328 e. The third kappa shape index (κ3) is 4.49. The number of hydrogen-bond donors (Lipinski definition) is 1. The molecule has 0 radical (unpaired) electrons. The average Bonchev–Trinajstić information content (AvgIpc) is 2.78. The molecule has 5 nitrogen and oxygen atoms in total. The van der Waals surface area contributed by atoms with Crippen LogP contribution in [0.2, 0.25) is 0 Å². The number of carboxylic acids is 1. The van der Waals surface area contributed by atoms with Crippen LogP contribution >= 0.6 is 0 Å². The molecule has 0 saturated heterocycles. The van der Waals surface area contributed by atoms with Crippen molar-refractivity contribution in [1.82, 2.24) is 9.78 Å². The molecule has 0 aliphatic heterocycles. The second kappa shape index (κ2) is 6.74. The van der Waals surface area contributed by atoms with Crippen molar-refractivity contribution in [1.29, 1.82) is 0 Å². The smallest absolute Gasteiger partial charge is 0.328 e. The van der Waals surface area contributed by atoms with Gasteiger partial charge in [-0.3, -0.25) is 4.68 Å². The summed E-state index contributed by atoms with van der Waals surface area (Å²) < 4.78 is 7.30. The van der Waals surface area contributed by atoms with E-state index in [9.17, 15) is 4.79 Å². The molecule has 0 spiro atoms. The highest BCUT2D eigenvalue weighted by atomic mass is 16.5. The monoisotopic (exact) mass is 286 g/mol. The third-order valence-corrected chi connectivity index (χ3v) is 2.72. The van der Waals surface area contributed by atoms with Gasteiger partial charge in [0.05, 0.1) is 18.3 Å². The summed E-state index contributed by atoms with van der Waals surface area (Å²) in [5.74, 6) is -0.500. The van der Waals surface area contributed by atoms with E-state index in [1.54, 1.807) is 10.7 Å². The van der Waals surface area contributed by atoms with Crippen LogP contribution in [-0.4, -0.2) is 27.0 Å². The average molecular weight is 286 g/mol. The molecular formula is C16H18N2O3. The van der Waals surface area contributed by atoms with E-state index in [-0.39, 0.29) is 6.10 Å². The SMILES string of the molecule is CC(C)Oc1cc(C=CC(=O)O)n(Cc2ccccc2)n1. The van der Waals surface area contributed by atoms with E-state index in [0.29, 0.717) is 18.1 Å². The van der Waals surface area contributed by atoms with E-state index < -0.39 is 5.97 Å². The van der Waals surface area contributed by atoms with Crippen molar-refractivity contribution in [2.24, 2.45) is 0 Å². The van der Waals surface area contributed by atoms with E-state index in [4.69, 9.17) is 9.84 Å². The van der Waals surface area contributed by atoms with Crippen LogP contribution in [0.1, 0.15) is 25.1 Å². The van der Waals surface area contributed by atoms with Crippen LogP contribution in [0.15, 0.2) is 42.5 Å². The molecule has 1 N–H and O–H groups in total. The molecule has 0 aliphatic carbocycles. The maximum atomic E-state index is 10.7. The Labute approximate surface area is 123 Å². The summed E-state index contributed by atoms with van der Waals surface area (Å²) in [5, 5.41) is 13.1. The van der Waals surface area contributed by atoms with Crippen LogP contribution in [-0.2, 0) is 11.3 Å². The second-order valence-corrected chi connectivity index (χ2v) is 4.89. The minimum atomic E-state index is -0.992. The molecule has 0 amide bonds. The molecule has 1 aromatic carbocycles. The molecule has 1 aromatic heterocycles. The topological polar surface area (TPSA) is 64.3 Å². The quantitative estimate of drug-likeness (QED) is 0.829. The number of carboxylic acid groups (broad SMARTS) is 1. The Balaban J connectivity index is 2.28. The number of rotatable bonds is 6. The predicted octanol–water partition coefficient (Wildman–Crippen LogP) is 2.82. The summed E-state index contributed by atoms with van der Waals surface area (Å²) in [6.45, 7) is 4.40. The van der Waals surface area contributed by atoms with Gasteiger partial charge < -0.3 is 9.84 Å². The fourth-order valence-corrected chi connectivity index (χ4v) is 1.88. The molecule has 5 heteroatoms. The van der Waals surface area contributed by atoms with Crippen molar-refractivity contribution >= 4 is 12.0 Å². The Kier molecular flexibility index (Phi) is 4.77. The van der Waals surface area contributed by atoms with Crippen LogP contribution in [0, 0.1) is 0 Å². The van der Waals surface area contributed by atoms with Gasteiger partial charge >= 0.3 is 5.97 Å². The number of ether oxygens (including phenoxy) is 1. The lowest BCUT2D eigenvalue weighted by Gasteiger charge is -2.06. The van der Waals surface area contributed by atoms with Gasteiger partial charge in [0.1, 0.15) is 0 Å². The van der Waals surface area contributed by atoms with Gasteiger partial charge in [-0.1, -0.05) is 30.3 Å². The number of carbonyl (C=O) groups is 1. The van der Waals surface area contributed by atoms with Gasteiger partial charge in [0, 0.05) is 12.1 Å². The van der Waals surface area contributed by atoms with Gasteiger partial charge in [-0.25, -0.2) is 4.79 Å². The molecule has 2 rings (SSSR count). The first-order valence-electron chi connectivity index (χ1n) is 6.74. The van der Waals surface area contributed by atoms with Gasteiger partial charge in [-0.2, -0.15) is 0 Å². The summed E-state index contributed by atoms with van der Waals surface area (Å²) in [5.41, 5.74) is 1.78. The van der Waals surface area contributed by atoms with Crippen LogP contribution in [0.3, 0.4) is 0 Å². The molecule has 0 bridgehead atoms. The zero-order chi connectivity index (χ0) is 15.2. The molecule has 1 heterocycles. The lowest BCUT2D eigenvalue weighted by molar-refractivity contribution is -0.131. The highest BCUT2D eigenvalue weighted by Crippen LogP contribution is 2.16. The second-order valence-electron chi connectivity index (χ2n) is 4.89. The first-order chi connectivity index (χ1) is 10.0. The van der Waals surface area contributed by atoms with E-state index in [2.05, 4.69) is 5.10 Å². The fraction of sp³-hybridized carbons (Fsp3) is 0.250. The minimum absolute atomic E-state index is 0.0152. The maximum absolute atomic E-state index is 10.7. The fourth-order valence-electron chi connectivity index (χ4n) is 1.88. The van der Waals surface area contributed by atoms with Crippen molar-refractivity contribution in [2.75, 3.05) is 0 Å². The summed E-state index contributed by atoms with van der Waals surface area (Å²) in [4.78, 5) is 10.7. The van der Waals surface area contributed by atoms with E-state index >= 15 is 0 Å². The van der Waals surface area contributed by atoms with Crippen molar-refractivity contribution in [2.45, 2.75) is 26.5 Å². The van der Waals surface area contributed by atoms with Crippen LogP contribution in [0.25, 0.3) is 6.08 Å². The standard InChI is InChI=1S/C16H18N2O3/c1-12(2)21-15-10-14(8-9-16(19)20)18(17-15)11-13-6-4-3-5-7-13/h3-10,12H,11H2,1-2H3,(H,19,20). The number of benzene rings is 1. The highest BCUT2D eigenvalue weighted by Gasteiger charge is 2.09. The lowest BCUT2D eigenvalue weighted by atomic mass is 10.2. The van der Waals surface area contributed by atoms with Crippen LogP contribution < -0.4 is 4.74 Å². The van der Waals surface area contributed by atoms with Crippen molar-refractivity contribution < 1.29 is 14.6 Å². The molecule has 0 unspecified atom stereocenters. The Morgan fingerprint density at radius 1 is 1.38 bits per heavy atom. The van der Waals surface area contributed by atoms with Gasteiger partial charge in [0.2, 0.25) is 5.88 Å². The number of hydrogen-bond acceptors (Lipinski definition) is 3. The number of aliphatic carboxylic acids is 1. The minimum Gasteiger partial charge on any atom is -0.478 e. The Bertz CT molecular complexity index is 630. The molecule has 21 heavy (non-hydrogen) atoms. The van der Waals surface area contributed by atoms with Gasteiger partial charge in [0.25, 0.3) is 0 Å². The normalized spacial score (nSPS) is 11.2. The molecule has 0 atom stereocenters. The zero-order valence-electron chi connectivity index (χ0n) is 12.1. The van der Waals surface area contributed by atoms with Crippen molar-refractivity contribution in [3.63, 3.8) is 0 Å².